The predicted molar refractivity (Wildman–Crippen MR) is 112 cm³/mol. The number of rotatable bonds is 7. The third-order valence-corrected chi connectivity index (χ3v) is 5.98. The van der Waals surface area contributed by atoms with Crippen molar-refractivity contribution in [1.29, 1.82) is 0 Å². The first-order chi connectivity index (χ1) is 14.0. The molecule has 1 saturated carbocycles. The molecular weight excluding hydrogens is 390 g/mol. The van der Waals surface area contributed by atoms with Gasteiger partial charge in [0.1, 0.15) is 5.65 Å². The Morgan fingerprint density at radius 3 is 2.79 bits per heavy atom. The van der Waals surface area contributed by atoms with Crippen LogP contribution in [0.3, 0.4) is 0 Å². The van der Waals surface area contributed by atoms with E-state index >= 15 is 0 Å². The van der Waals surface area contributed by atoms with Crippen molar-refractivity contribution in [3.63, 3.8) is 0 Å². The van der Waals surface area contributed by atoms with Crippen LogP contribution in [-0.4, -0.2) is 47.3 Å². The molecule has 0 spiro atoms. The highest BCUT2D eigenvalue weighted by Crippen LogP contribution is 2.29. The summed E-state index contributed by atoms with van der Waals surface area (Å²) in [4.78, 5) is 16.6. The molecule has 3 aromatic heterocycles. The summed E-state index contributed by atoms with van der Waals surface area (Å²) in [6.07, 6.45) is 11.4. The third-order valence-electron chi connectivity index (χ3n) is 5.39. The molecule has 1 aliphatic rings. The molecule has 3 heterocycles. The van der Waals surface area contributed by atoms with Gasteiger partial charge in [-0.1, -0.05) is 0 Å². The number of hydrogen-bond acceptors (Lipinski definition) is 7. The average Bonchev–Trinajstić information content (AvgIpc) is 3.13. The second-order valence-corrected chi connectivity index (χ2v) is 9.19. The Bertz CT molecular complexity index is 1070. The van der Waals surface area contributed by atoms with Gasteiger partial charge in [0.2, 0.25) is 5.95 Å². The van der Waals surface area contributed by atoms with Gasteiger partial charge in [0, 0.05) is 35.6 Å². The maximum absolute atomic E-state index is 11.1. The maximum atomic E-state index is 11.1. The number of H-pyrrole nitrogens is 1. The Balaban J connectivity index is 1.35. The van der Waals surface area contributed by atoms with Crippen LogP contribution in [0, 0.1) is 5.92 Å². The van der Waals surface area contributed by atoms with Crippen LogP contribution in [0.1, 0.15) is 32.1 Å². The highest BCUT2D eigenvalue weighted by molar-refractivity contribution is 7.85. The molecule has 29 heavy (non-hydrogen) atoms. The van der Waals surface area contributed by atoms with Crippen LogP contribution < -0.4 is 5.32 Å². The SMILES string of the molecule is CS(=O)(=O)OCC[C@H]1CC[C@H](Nc2nccc(-c3c[nH]c4ncccc34)n2)CC1. The van der Waals surface area contributed by atoms with Crippen molar-refractivity contribution in [2.24, 2.45) is 5.92 Å². The quantitative estimate of drug-likeness (QED) is 0.569. The second-order valence-electron chi connectivity index (χ2n) is 7.54. The van der Waals surface area contributed by atoms with Gasteiger partial charge in [-0.2, -0.15) is 8.42 Å². The van der Waals surface area contributed by atoms with Gasteiger partial charge in [-0.15, -0.1) is 0 Å². The molecule has 0 bridgehead atoms. The number of nitrogens with one attached hydrogen (secondary N) is 2. The summed E-state index contributed by atoms with van der Waals surface area (Å²) < 4.78 is 27.0. The maximum Gasteiger partial charge on any atom is 0.264 e. The summed E-state index contributed by atoms with van der Waals surface area (Å²) >= 11 is 0. The number of aromatic nitrogens is 4. The van der Waals surface area contributed by atoms with Gasteiger partial charge in [0.25, 0.3) is 10.1 Å². The number of anilines is 1. The van der Waals surface area contributed by atoms with Gasteiger partial charge < -0.3 is 10.3 Å². The van der Waals surface area contributed by atoms with Crippen molar-refractivity contribution in [2.45, 2.75) is 38.1 Å². The van der Waals surface area contributed by atoms with Crippen LogP contribution in [0.4, 0.5) is 5.95 Å². The zero-order valence-electron chi connectivity index (χ0n) is 16.3. The minimum Gasteiger partial charge on any atom is -0.351 e. The fourth-order valence-electron chi connectivity index (χ4n) is 3.89. The first kappa shape index (κ1) is 19.8. The number of aromatic amines is 1. The molecule has 9 heteroatoms. The molecule has 154 valence electrons. The topological polar surface area (TPSA) is 110 Å². The number of pyridine rings is 1. The first-order valence-electron chi connectivity index (χ1n) is 9.84. The van der Waals surface area contributed by atoms with Crippen molar-refractivity contribution in [1.82, 2.24) is 19.9 Å². The summed E-state index contributed by atoms with van der Waals surface area (Å²) in [5.41, 5.74) is 2.70. The molecule has 2 N–H and O–H groups in total. The molecule has 0 saturated heterocycles. The molecule has 0 atom stereocenters. The third kappa shape index (κ3) is 5.10. The Labute approximate surface area is 170 Å². The molecule has 0 amide bonds. The Hall–Kier alpha value is -2.52. The lowest BCUT2D eigenvalue weighted by Gasteiger charge is -2.29. The van der Waals surface area contributed by atoms with Gasteiger partial charge in [-0.25, -0.2) is 15.0 Å². The minimum absolute atomic E-state index is 0.270. The normalized spacial score (nSPS) is 20.0. The van der Waals surface area contributed by atoms with Gasteiger partial charge >= 0.3 is 0 Å². The fourth-order valence-corrected chi connectivity index (χ4v) is 4.29. The minimum atomic E-state index is -3.35. The van der Waals surface area contributed by atoms with Crippen LogP contribution in [0.2, 0.25) is 0 Å². The van der Waals surface area contributed by atoms with E-state index in [1.54, 1.807) is 12.4 Å². The van der Waals surface area contributed by atoms with E-state index in [4.69, 9.17) is 9.17 Å². The van der Waals surface area contributed by atoms with E-state index in [0.717, 1.165) is 60.7 Å². The highest BCUT2D eigenvalue weighted by atomic mass is 32.2. The predicted octanol–water partition coefficient (Wildman–Crippen LogP) is 3.36. The van der Waals surface area contributed by atoms with Crippen LogP contribution in [0.25, 0.3) is 22.3 Å². The molecule has 1 fully saturated rings. The van der Waals surface area contributed by atoms with E-state index in [1.807, 2.05) is 24.4 Å². The molecule has 4 rings (SSSR count). The van der Waals surface area contributed by atoms with Crippen LogP contribution in [0.15, 0.2) is 36.8 Å². The van der Waals surface area contributed by atoms with Gasteiger partial charge in [0.15, 0.2) is 0 Å². The highest BCUT2D eigenvalue weighted by Gasteiger charge is 2.22. The number of fused-ring (bicyclic) bond motifs is 1. The number of hydrogen-bond donors (Lipinski definition) is 2. The summed E-state index contributed by atoms with van der Waals surface area (Å²) in [6.45, 7) is 0.270. The lowest BCUT2D eigenvalue weighted by molar-refractivity contribution is 0.246. The van der Waals surface area contributed by atoms with E-state index in [-0.39, 0.29) is 6.61 Å². The van der Waals surface area contributed by atoms with Crippen molar-refractivity contribution in [3.8, 4) is 11.3 Å². The van der Waals surface area contributed by atoms with Crippen molar-refractivity contribution in [3.05, 3.63) is 36.8 Å². The zero-order chi connectivity index (χ0) is 20.3. The standard InChI is InChI=1S/C20H25N5O3S/c1-29(26,27)28-12-9-14-4-6-15(7-5-14)24-20-22-11-8-18(25-20)17-13-23-19-16(17)3-2-10-21-19/h2-3,8,10-11,13-15H,4-7,9,12H2,1H3,(H,21,23)(H,22,24,25)/t14-,15-. The zero-order valence-corrected chi connectivity index (χ0v) is 17.2. The van der Waals surface area contributed by atoms with E-state index in [1.165, 1.54) is 0 Å². The number of nitrogens with zero attached hydrogens (tertiary/aromatic N) is 3. The Kier molecular flexibility index (Phi) is 5.77. The van der Waals surface area contributed by atoms with Gasteiger partial charge in [-0.05, 0) is 56.2 Å². The summed E-state index contributed by atoms with van der Waals surface area (Å²) in [7, 11) is -3.35. The van der Waals surface area contributed by atoms with E-state index < -0.39 is 10.1 Å². The first-order valence-corrected chi connectivity index (χ1v) is 11.7. The van der Waals surface area contributed by atoms with Crippen molar-refractivity contribution >= 4 is 27.1 Å². The Morgan fingerprint density at radius 2 is 2.00 bits per heavy atom. The van der Waals surface area contributed by atoms with Gasteiger partial charge in [0.05, 0.1) is 18.6 Å². The fraction of sp³-hybridized carbons (Fsp3) is 0.450. The molecule has 0 aromatic carbocycles. The smallest absolute Gasteiger partial charge is 0.264 e. The molecule has 8 nitrogen and oxygen atoms in total. The Morgan fingerprint density at radius 1 is 1.17 bits per heavy atom. The van der Waals surface area contributed by atoms with Crippen molar-refractivity contribution in [2.75, 3.05) is 18.2 Å². The average molecular weight is 416 g/mol. The summed E-state index contributed by atoms with van der Waals surface area (Å²) in [6, 6.07) is 6.17. The van der Waals surface area contributed by atoms with Crippen LogP contribution >= 0.6 is 0 Å². The van der Waals surface area contributed by atoms with Crippen molar-refractivity contribution < 1.29 is 12.6 Å². The lowest BCUT2D eigenvalue weighted by Crippen LogP contribution is -2.27. The largest absolute Gasteiger partial charge is 0.351 e. The molecule has 3 aromatic rings. The van der Waals surface area contributed by atoms with Gasteiger partial charge in [-0.3, -0.25) is 4.18 Å². The van der Waals surface area contributed by atoms with E-state index in [0.29, 0.717) is 17.9 Å². The van der Waals surface area contributed by atoms with Crippen LogP contribution in [-0.2, 0) is 14.3 Å². The molecular formula is C20H25N5O3S. The lowest BCUT2D eigenvalue weighted by atomic mass is 9.84. The summed E-state index contributed by atoms with van der Waals surface area (Å²) in [5, 5.41) is 4.49. The molecule has 0 aliphatic heterocycles. The molecule has 1 aliphatic carbocycles. The van der Waals surface area contributed by atoms with Crippen LogP contribution in [0.5, 0.6) is 0 Å². The monoisotopic (exact) mass is 415 g/mol. The van der Waals surface area contributed by atoms with E-state index in [2.05, 4.69) is 20.3 Å². The summed E-state index contributed by atoms with van der Waals surface area (Å²) in [5.74, 6) is 1.13. The second kappa shape index (κ2) is 8.46. The van der Waals surface area contributed by atoms with E-state index in [9.17, 15) is 8.42 Å². The molecule has 0 radical (unpaired) electrons. The molecule has 0 unspecified atom stereocenters.